The van der Waals surface area contributed by atoms with Crippen LogP contribution >= 0.6 is 0 Å². The molecule has 62 valence electrons. The Kier molecular flexibility index (Phi) is 1.06. The second-order valence-corrected chi connectivity index (χ2v) is 2.07. The fourth-order valence-electron chi connectivity index (χ4n) is 0.831. The summed E-state index contributed by atoms with van der Waals surface area (Å²) in [5.74, 6) is 0. The van der Waals surface area contributed by atoms with Crippen molar-refractivity contribution in [3.8, 4) is 0 Å². The number of hydrogen-bond acceptors (Lipinski definition) is 5. The molecule has 0 amide bonds. The van der Waals surface area contributed by atoms with Crippen LogP contribution in [0.1, 0.15) is 0 Å². The van der Waals surface area contributed by atoms with Crippen LogP contribution in [-0.2, 0) is 0 Å². The maximum atomic E-state index is 10.9. The van der Waals surface area contributed by atoms with Crippen LogP contribution in [0.3, 0.4) is 0 Å². The highest BCUT2D eigenvalue weighted by Gasteiger charge is 2.08. The number of nitrogens with one attached hydrogen (secondary N) is 2. The average molecular weight is 169 g/mol. The van der Waals surface area contributed by atoms with Gasteiger partial charge in [-0.15, -0.1) is 14.9 Å². The van der Waals surface area contributed by atoms with Gasteiger partial charge in [-0.05, 0) is 0 Å². The number of aromatic amines is 2. The molecule has 12 heavy (non-hydrogen) atoms. The third-order valence-electron chi connectivity index (χ3n) is 1.36. The Bertz CT molecular complexity index is 533. The van der Waals surface area contributed by atoms with Gasteiger partial charge in [0.2, 0.25) is 5.65 Å². The molecule has 8 heteroatoms. The summed E-state index contributed by atoms with van der Waals surface area (Å²) in [4.78, 5) is 23.5. The van der Waals surface area contributed by atoms with E-state index in [2.05, 4.69) is 15.4 Å². The molecule has 0 saturated heterocycles. The minimum atomic E-state index is -0.943. The van der Waals surface area contributed by atoms with Gasteiger partial charge in [0.15, 0.2) is 5.52 Å². The Labute approximate surface area is 63.4 Å². The van der Waals surface area contributed by atoms with E-state index in [-0.39, 0.29) is 15.9 Å². The Hall–Kier alpha value is -2.12. The van der Waals surface area contributed by atoms with Crippen molar-refractivity contribution in [1.82, 2.24) is 25.1 Å². The molecule has 8 nitrogen and oxygen atoms in total. The highest BCUT2D eigenvalue weighted by Crippen LogP contribution is 1.93. The second-order valence-electron chi connectivity index (χ2n) is 2.07. The molecule has 0 aliphatic carbocycles. The van der Waals surface area contributed by atoms with Crippen molar-refractivity contribution >= 4 is 11.2 Å². The topological polar surface area (TPSA) is 117 Å². The first-order valence-electron chi connectivity index (χ1n) is 2.95. The van der Waals surface area contributed by atoms with Crippen LogP contribution in [0.25, 0.3) is 11.2 Å². The van der Waals surface area contributed by atoms with Gasteiger partial charge in [0, 0.05) is 0 Å². The third kappa shape index (κ3) is 0.654. The van der Waals surface area contributed by atoms with E-state index in [0.29, 0.717) is 0 Å². The van der Waals surface area contributed by atoms with Gasteiger partial charge in [-0.1, -0.05) is 0 Å². The van der Waals surface area contributed by atoms with Crippen molar-refractivity contribution in [3.05, 3.63) is 20.8 Å². The van der Waals surface area contributed by atoms with Crippen molar-refractivity contribution in [3.63, 3.8) is 0 Å². The van der Waals surface area contributed by atoms with Crippen molar-refractivity contribution in [1.29, 1.82) is 0 Å². The summed E-state index contributed by atoms with van der Waals surface area (Å²) in [7, 11) is 0. The monoisotopic (exact) mass is 169 g/mol. The lowest BCUT2D eigenvalue weighted by atomic mass is 10.5. The van der Waals surface area contributed by atoms with Crippen molar-refractivity contribution < 1.29 is 5.21 Å². The first-order chi connectivity index (χ1) is 5.70. The summed E-state index contributed by atoms with van der Waals surface area (Å²) in [6.07, 6.45) is 0. The van der Waals surface area contributed by atoms with E-state index in [1.807, 2.05) is 4.98 Å². The van der Waals surface area contributed by atoms with Gasteiger partial charge in [0.1, 0.15) is 0 Å². The minimum absolute atomic E-state index is 0.114. The van der Waals surface area contributed by atoms with Gasteiger partial charge in [-0.25, -0.2) is 4.79 Å². The quantitative estimate of drug-likeness (QED) is 0.396. The van der Waals surface area contributed by atoms with Crippen LogP contribution in [0.2, 0.25) is 0 Å². The molecule has 2 aromatic rings. The van der Waals surface area contributed by atoms with E-state index in [9.17, 15) is 9.59 Å². The summed E-state index contributed by atoms with van der Waals surface area (Å²) in [5.41, 5.74) is -1.93. The molecule has 2 rings (SSSR count). The predicted molar refractivity (Wildman–Crippen MR) is 36.0 cm³/mol. The average Bonchev–Trinajstić information content (AvgIpc) is 2.48. The maximum Gasteiger partial charge on any atom is 0.363 e. The highest BCUT2D eigenvalue weighted by molar-refractivity contribution is 5.66. The number of hydrogen-bond donors (Lipinski definition) is 3. The molecule has 0 unspecified atom stereocenters. The van der Waals surface area contributed by atoms with Gasteiger partial charge in [-0.2, -0.15) is 5.21 Å². The molecule has 0 fully saturated rings. The third-order valence-corrected chi connectivity index (χ3v) is 1.36. The second kappa shape index (κ2) is 1.94. The molecule has 3 N–H and O–H groups in total. The lowest BCUT2D eigenvalue weighted by molar-refractivity contribution is 0.181. The van der Waals surface area contributed by atoms with Crippen molar-refractivity contribution in [2.24, 2.45) is 0 Å². The fourth-order valence-corrected chi connectivity index (χ4v) is 0.831. The van der Waals surface area contributed by atoms with E-state index in [1.165, 1.54) is 0 Å². The first-order valence-corrected chi connectivity index (χ1v) is 2.95. The molecule has 0 saturated carbocycles. The van der Waals surface area contributed by atoms with Crippen LogP contribution in [0.5, 0.6) is 0 Å². The standard InChI is InChI=1S/C4H3N5O3/c10-3-1-2(7-8-6-1)9(12)4(11)5-3/h12H,(H,5,10,11)(H,6,7,8). The molecule has 2 heterocycles. The van der Waals surface area contributed by atoms with E-state index in [0.717, 1.165) is 0 Å². The maximum absolute atomic E-state index is 10.9. The zero-order valence-electron chi connectivity index (χ0n) is 5.61. The lowest BCUT2D eigenvalue weighted by Gasteiger charge is -1.91. The predicted octanol–water partition coefficient (Wildman–Crippen LogP) is -1.95. The summed E-state index contributed by atoms with van der Waals surface area (Å²) in [6.45, 7) is 0. The largest absolute Gasteiger partial charge is 0.422 e. The van der Waals surface area contributed by atoms with Crippen LogP contribution in [-0.4, -0.2) is 30.3 Å². The minimum Gasteiger partial charge on any atom is -0.422 e. The van der Waals surface area contributed by atoms with Gasteiger partial charge in [0.25, 0.3) is 5.56 Å². The Balaban J connectivity index is 3.18. The normalized spacial score (nSPS) is 10.7. The number of H-pyrrole nitrogens is 2. The van der Waals surface area contributed by atoms with Gasteiger partial charge in [-0.3, -0.25) is 9.78 Å². The first kappa shape index (κ1) is 6.58. The molecule has 0 bridgehead atoms. The van der Waals surface area contributed by atoms with Crippen LogP contribution < -0.4 is 11.2 Å². The molecule has 0 aliphatic rings. The summed E-state index contributed by atoms with van der Waals surface area (Å²) >= 11 is 0. The summed E-state index contributed by atoms with van der Waals surface area (Å²) in [6, 6.07) is 0. The van der Waals surface area contributed by atoms with Crippen LogP contribution in [0.15, 0.2) is 9.59 Å². The van der Waals surface area contributed by atoms with E-state index in [4.69, 9.17) is 5.21 Å². The fraction of sp³-hybridized carbons (Fsp3) is 0. The molecule has 0 aromatic carbocycles. The van der Waals surface area contributed by atoms with Gasteiger partial charge < -0.3 is 5.21 Å². The SMILES string of the molecule is O=c1[nH]c(=O)n(O)c2n[nH]nc12. The number of aromatic nitrogens is 5. The Morgan fingerprint density at radius 1 is 1.33 bits per heavy atom. The van der Waals surface area contributed by atoms with Crippen molar-refractivity contribution in [2.45, 2.75) is 0 Å². The lowest BCUT2D eigenvalue weighted by Crippen LogP contribution is -2.28. The molecule has 0 radical (unpaired) electrons. The van der Waals surface area contributed by atoms with E-state index in [1.54, 1.807) is 0 Å². The van der Waals surface area contributed by atoms with Gasteiger partial charge >= 0.3 is 5.69 Å². The molecule has 2 aromatic heterocycles. The van der Waals surface area contributed by atoms with Crippen LogP contribution in [0, 0.1) is 0 Å². The zero-order chi connectivity index (χ0) is 8.72. The molecule has 0 aliphatic heterocycles. The van der Waals surface area contributed by atoms with E-state index < -0.39 is 11.2 Å². The van der Waals surface area contributed by atoms with Gasteiger partial charge in [0.05, 0.1) is 0 Å². The molecule has 0 spiro atoms. The summed E-state index contributed by atoms with van der Waals surface area (Å²) in [5, 5.41) is 17.9. The number of fused-ring (bicyclic) bond motifs is 1. The van der Waals surface area contributed by atoms with E-state index >= 15 is 0 Å². The molecular weight excluding hydrogens is 166 g/mol. The smallest absolute Gasteiger partial charge is 0.363 e. The number of rotatable bonds is 0. The summed E-state index contributed by atoms with van der Waals surface area (Å²) < 4.78 is 0.209. The number of nitrogens with zero attached hydrogens (tertiary/aromatic N) is 3. The molecular formula is C4H3N5O3. The highest BCUT2D eigenvalue weighted by atomic mass is 16.5. The Morgan fingerprint density at radius 3 is 2.83 bits per heavy atom. The van der Waals surface area contributed by atoms with Crippen LogP contribution in [0.4, 0.5) is 0 Å². The zero-order valence-corrected chi connectivity index (χ0v) is 5.61. The molecule has 0 atom stereocenters. The Morgan fingerprint density at radius 2 is 2.08 bits per heavy atom. The van der Waals surface area contributed by atoms with Crippen molar-refractivity contribution in [2.75, 3.05) is 0 Å².